The molecular weight excluding hydrogens is 367 g/mol. The quantitative estimate of drug-likeness (QED) is 0.705. The lowest BCUT2D eigenvalue weighted by Crippen LogP contribution is -2.25. The molecule has 126 valence electrons. The zero-order chi connectivity index (χ0) is 17.2. The molecule has 0 saturated carbocycles. The molecule has 8 heteroatoms. The number of thiophene rings is 1. The van der Waals surface area contributed by atoms with Gasteiger partial charge in [-0.3, -0.25) is 0 Å². The van der Waals surface area contributed by atoms with E-state index in [0.717, 1.165) is 21.1 Å². The van der Waals surface area contributed by atoms with Crippen LogP contribution in [0, 0.1) is 12.7 Å². The summed E-state index contributed by atoms with van der Waals surface area (Å²) in [5.74, 6) is -0.300. The van der Waals surface area contributed by atoms with Gasteiger partial charge in [-0.1, -0.05) is 18.2 Å². The van der Waals surface area contributed by atoms with E-state index in [0.29, 0.717) is 17.2 Å². The Kier molecular flexibility index (Phi) is 5.09. The second-order valence-corrected chi connectivity index (χ2v) is 9.14. The zero-order valence-corrected chi connectivity index (χ0v) is 15.3. The third kappa shape index (κ3) is 3.89. The highest BCUT2D eigenvalue weighted by Gasteiger charge is 2.15. The van der Waals surface area contributed by atoms with Crippen LogP contribution in [0.2, 0.25) is 0 Å². The molecule has 0 aliphatic heterocycles. The Balaban J connectivity index is 1.68. The van der Waals surface area contributed by atoms with Gasteiger partial charge in [-0.15, -0.1) is 22.7 Å². The average Bonchev–Trinajstić information content (AvgIpc) is 3.18. The van der Waals surface area contributed by atoms with Crippen molar-refractivity contribution < 1.29 is 12.8 Å². The van der Waals surface area contributed by atoms with Crippen LogP contribution in [0.25, 0.3) is 10.6 Å². The molecule has 0 aliphatic carbocycles. The van der Waals surface area contributed by atoms with Gasteiger partial charge >= 0.3 is 0 Å². The number of hydrogen-bond acceptors (Lipinski definition) is 5. The smallest absolute Gasteiger partial charge is 0.241 e. The Labute approximate surface area is 148 Å². The third-order valence-electron chi connectivity index (χ3n) is 3.37. The van der Waals surface area contributed by atoms with Crippen LogP contribution in [0.1, 0.15) is 10.6 Å². The summed E-state index contributed by atoms with van der Waals surface area (Å²) in [6.07, 6.45) is 0.545. The number of sulfonamides is 1. The molecule has 0 fully saturated rings. The lowest BCUT2D eigenvalue weighted by atomic mass is 10.2. The second kappa shape index (κ2) is 7.10. The molecule has 0 radical (unpaired) electrons. The van der Waals surface area contributed by atoms with Gasteiger partial charge in [0.15, 0.2) is 0 Å². The van der Waals surface area contributed by atoms with Gasteiger partial charge < -0.3 is 0 Å². The van der Waals surface area contributed by atoms with Gasteiger partial charge in [0.05, 0.1) is 5.69 Å². The van der Waals surface area contributed by atoms with Crippen molar-refractivity contribution in [2.45, 2.75) is 17.6 Å². The van der Waals surface area contributed by atoms with Gasteiger partial charge in [-0.25, -0.2) is 22.5 Å². The predicted molar refractivity (Wildman–Crippen MR) is 95.5 cm³/mol. The van der Waals surface area contributed by atoms with Crippen LogP contribution in [0.4, 0.5) is 4.39 Å². The normalized spacial score (nSPS) is 11.8. The first-order chi connectivity index (χ1) is 11.5. The summed E-state index contributed by atoms with van der Waals surface area (Å²) in [5.41, 5.74) is 1.57. The van der Waals surface area contributed by atoms with Crippen LogP contribution < -0.4 is 4.72 Å². The minimum absolute atomic E-state index is 0.297. The van der Waals surface area contributed by atoms with E-state index in [9.17, 15) is 12.8 Å². The monoisotopic (exact) mass is 382 g/mol. The maximum absolute atomic E-state index is 13.3. The van der Waals surface area contributed by atoms with Gasteiger partial charge in [-0.2, -0.15) is 0 Å². The number of hydrogen-bond donors (Lipinski definition) is 1. The fourth-order valence-electron chi connectivity index (χ4n) is 2.19. The molecule has 0 spiro atoms. The number of aromatic nitrogens is 1. The van der Waals surface area contributed by atoms with Crippen LogP contribution >= 0.6 is 22.7 Å². The molecule has 0 saturated heterocycles. The van der Waals surface area contributed by atoms with Crippen molar-refractivity contribution in [1.82, 2.24) is 9.71 Å². The molecule has 0 bridgehead atoms. The number of rotatable bonds is 6. The van der Waals surface area contributed by atoms with Crippen molar-refractivity contribution in [1.29, 1.82) is 0 Å². The van der Waals surface area contributed by atoms with Crippen molar-refractivity contribution in [3.05, 3.63) is 58.2 Å². The molecule has 1 aromatic carbocycles. The zero-order valence-electron chi connectivity index (χ0n) is 12.8. The molecule has 3 rings (SSSR count). The summed E-state index contributed by atoms with van der Waals surface area (Å²) < 4.78 is 40.4. The summed E-state index contributed by atoms with van der Waals surface area (Å²) in [7, 11) is -3.45. The Hall–Kier alpha value is -1.61. The number of nitrogens with one attached hydrogen (secondary N) is 1. The Bertz CT molecular complexity index is 934. The summed E-state index contributed by atoms with van der Waals surface area (Å²) in [6.45, 7) is 2.17. The maximum atomic E-state index is 13.3. The Morgan fingerprint density at radius 2 is 2.08 bits per heavy atom. The molecule has 4 nitrogen and oxygen atoms in total. The van der Waals surface area contributed by atoms with Crippen LogP contribution in [-0.4, -0.2) is 19.9 Å². The molecule has 0 aliphatic rings. The van der Waals surface area contributed by atoms with E-state index >= 15 is 0 Å². The SMILES string of the molecule is Cc1nc(-c2cccc(F)c2)sc1CCNS(=O)(=O)c1cccs1. The minimum atomic E-state index is -3.45. The molecule has 3 aromatic rings. The molecule has 2 heterocycles. The van der Waals surface area contributed by atoms with Crippen molar-refractivity contribution in [3.8, 4) is 10.6 Å². The summed E-state index contributed by atoms with van der Waals surface area (Å²) >= 11 is 2.65. The minimum Gasteiger partial charge on any atom is -0.241 e. The molecule has 0 atom stereocenters. The number of halogens is 1. The molecule has 2 aromatic heterocycles. The van der Waals surface area contributed by atoms with Gasteiger partial charge in [-0.05, 0) is 36.9 Å². The van der Waals surface area contributed by atoms with E-state index in [-0.39, 0.29) is 5.82 Å². The van der Waals surface area contributed by atoms with Gasteiger partial charge in [0.25, 0.3) is 0 Å². The standard InChI is InChI=1S/C16H15FN2O2S3/c1-11-14(7-8-18-24(20,21)15-6-3-9-22-15)23-16(19-11)12-4-2-5-13(17)10-12/h2-6,9-10,18H,7-8H2,1H3. The van der Waals surface area contributed by atoms with Crippen molar-refractivity contribution in [2.75, 3.05) is 6.54 Å². The van der Waals surface area contributed by atoms with E-state index in [4.69, 9.17) is 0 Å². The number of benzene rings is 1. The highest BCUT2D eigenvalue weighted by atomic mass is 32.2. The van der Waals surface area contributed by atoms with Crippen molar-refractivity contribution in [2.24, 2.45) is 0 Å². The van der Waals surface area contributed by atoms with Crippen LogP contribution in [-0.2, 0) is 16.4 Å². The van der Waals surface area contributed by atoms with E-state index in [1.54, 1.807) is 23.6 Å². The fourth-order valence-corrected chi connectivity index (χ4v) is 5.32. The van der Waals surface area contributed by atoms with E-state index in [1.807, 2.05) is 13.0 Å². The maximum Gasteiger partial charge on any atom is 0.250 e. The van der Waals surface area contributed by atoms with Crippen molar-refractivity contribution in [3.63, 3.8) is 0 Å². The first-order valence-electron chi connectivity index (χ1n) is 7.21. The fraction of sp³-hybridized carbons (Fsp3) is 0.188. The van der Waals surface area contributed by atoms with Crippen LogP contribution in [0.5, 0.6) is 0 Å². The van der Waals surface area contributed by atoms with Crippen LogP contribution in [0.3, 0.4) is 0 Å². The third-order valence-corrected chi connectivity index (χ3v) is 7.49. The summed E-state index contributed by atoms with van der Waals surface area (Å²) in [5, 5.41) is 2.47. The van der Waals surface area contributed by atoms with Gasteiger partial charge in [0.1, 0.15) is 15.0 Å². The molecule has 24 heavy (non-hydrogen) atoms. The highest BCUT2D eigenvalue weighted by Crippen LogP contribution is 2.28. The average molecular weight is 383 g/mol. The molecular formula is C16H15FN2O2S3. The van der Waals surface area contributed by atoms with E-state index in [1.165, 1.54) is 34.8 Å². The summed E-state index contributed by atoms with van der Waals surface area (Å²) in [4.78, 5) is 5.45. The summed E-state index contributed by atoms with van der Waals surface area (Å²) in [6, 6.07) is 9.58. The molecule has 1 N–H and O–H groups in total. The van der Waals surface area contributed by atoms with Crippen LogP contribution in [0.15, 0.2) is 46.0 Å². The molecule has 0 amide bonds. The van der Waals surface area contributed by atoms with E-state index < -0.39 is 10.0 Å². The first kappa shape index (κ1) is 17.2. The number of nitrogens with zero attached hydrogens (tertiary/aromatic N) is 1. The lowest BCUT2D eigenvalue weighted by molar-refractivity contribution is 0.584. The van der Waals surface area contributed by atoms with Crippen molar-refractivity contribution >= 4 is 32.7 Å². The number of aryl methyl sites for hydroxylation is 1. The largest absolute Gasteiger partial charge is 0.250 e. The Morgan fingerprint density at radius 1 is 1.25 bits per heavy atom. The van der Waals surface area contributed by atoms with Gasteiger partial charge in [0, 0.05) is 17.0 Å². The second-order valence-electron chi connectivity index (χ2n) is 5.12. The Morgan fingerprint density at radius 3 is 2.79 bits per heavy atom. The lowest BCUT2D eigenvalue weighted by Gasteiger charge is -2.03. The first-order valence-corrected chi connectivity index (χ1v) is 10.4. The van der Waals surface area contributed by atoms with E-state index in [2.05, 4.69) is 9.71 Å². The number of thiazole rings is 1. The predicted octanol–water partition coefficient (Wildman–Crippen LogP) is 3.84. The molecule has 0 unspecified atom stereocenters. The topological polar surface area (TPSA) is 59.1 Å². The highest BCUT2D eigenvalue weighted by molar-refractivity contribution is 7.91. The van der Waals surface area contributed by atoms with Gasteiger partial charge in [0.2, 0.25) is 10.0 Å².